The lowest BCUT2D eigenvalue weighted by Crippen LogP contribution is -2.56. The zero-order valence-electron chi connectivity index (χ0n) is 20.1. The molecule has 10 heteroatoms. The number of nitrogens with one attached hydrogen (secondary N) is 2. The van der Waals surface area contributed by atoms with Gasteiger partial charge in [0, 0.05) is 24.9 Å². The van der Waals surface area contributed by atoms with Crippen molar-refractivity contribution in [1.82, 2.24) is 25.5 Å². The van der Waals surface area contributed by atoms with Gasteiger partial charge in [-0.1, -0.05) is 49.4 Å². The minimum absolute atomic E-state index is 0.0152. The van der Waals surface area contributed by atoms with E-state index >= 15 is 0 Å². The predicted octanol–water partition coefficient (Wildman–Crippen LogP) is 2.43. The Kier molecular flexibility index (Phi) is 6.55. The third-order valence-corrected chi connectivity index (χ3v) is 6.36. The van der Waals surface area contributed by atoms with E-state index in [0.717, 1.165) is 11.1 Å². The van der Waals surface area contributed by atoms with Crippen molar-refractivity contribution in [1.29, 1.82) is 0 Å². The first-order valence-electron chi connectivity index (χ1n) is 12.0. The molecule has 3 heterocycles. The van der Waals surface area contributed by atoms with Crippen LogP contribution in [0.1, 0.15) is 45.5 Å². The zero-order chi connectivity index (χ0) is 25.9. The lowest BCUT2D eigenvalue weighted by atomic mass is 9.93. The van der Waals surface area contributed by atoms with Crippen LogP contribution in [0.25, 0.3) is 10.8 Å². The Labute approximate surface area is 211 Å². The molecular formula is C27H25N5O5. The fourth-order valence-electron chi connectivity index (χ4n) is 4.54. The molecule has 37 heavy (non-hydrogen) atoms. The molecule has 5 rings (SSSR count). The highest BCUT2D eigenvalue weighted by Gasteiger charge is 2.36. The lowest BCUT2D eigenvalue weighted by Gasteiger charge is -2.35. The highest BCUT2D eigenvalue weighted by atomic mass is 16.3. The summed E-state index contributed by atoms with van der Waals surface area (Å²) in [5, 5.41) is 5.00. The van der Waals surface area contributed by atoms with E-state index in [2.05, 4.69) is 16.0 Å². The number of carbonyl (C=O) groups excluding carboxylic acids is 3. The van der Waals surface area contributed by atoms with Crippen LogP contribution in [-0.4, -0.2) is 38.4 Å². The second-order valence-electron chi connectivity index (χ2n) is 8.76. The summed E-state index contributed by atoms with van der Waals surface area (Å²) in [6, 6.07) is 16.5. The van der Waals surface area contributed by atoms with Crippen molar-refractivity contribution in [2.45, 2.75) is 38.9 Å². The van der Waals surface area contributed by atoms with Crippen molar-refractivity contribution in [2.75, 3.05) is 0 Å². The van der Waals surface area contributed by atoms with E-state index in [-0.39, 0.29) is 30.0 Å². The van der Waals surface area contributed by atoms with E-state index in [1.807, 2.05) is 31.2 Å². The molecule has 1 atom stereocenters. The van der Waals surface area contributed by atoms with Gasteiger partial charge in [0.1, 0.15) is 6.04 Å². The predicted molar refractivity (Wildman–Crippen MR) is 134 cm³/mol. The summed E-state index contributed by atoms with van der Waals surface area (Å²) in [4.78, 5) is 53.7. The van der Waals surface area contributed by atoms with Gasteiger partial charge in [0.2, 0.25) is 0 Å². The van der Waals surface area contributed by atoms with Crippen molar-refractivity contribution >= 4 is 28.5 Å². The van der Waals surface area contributed by atoms with Gasteiger partial charge in [0.05, 0.1) is 11.6 Å². The summed E-state index contributed by atoms with van der Waals surface area (Å²) in [6.45, 7) is 2.47. The van der Waals surface area contributed by atoms with Crippen LogP contribution >= 0.6 is 0 Å². The number of hydrogen-bond donors (Lipinski definition) is 2. The van der Waals surface area contributed by atoms with Crippen molar-refractivity contribution in [3.63, 3.8) is 0 Å². The molecule has 2 aromatic heterocycles. The largest absolute Gasteiger partial charge is 0.459 e. The molecule has 1 unspecified atom stereocenters. The highest BCUT2D eigenvalue weighted by Crippen LogP contribution is 2.25. The maximum atomic E-state index is 13.3. The van der Waals surface area contributed by atoms with E-state index in [1.54, 1.807) is 36.4 Å². The maximum Gasteiger partial charge on any atom is 0.290 e. The summed E-state index contributed by atoms with van der Waals surface area (Å²) in [5.74, 6) is -1.54. The maximum absolute atomic E-state index is 13.3. The number of carbonyl (C=O) groups is 3. The number of hydrazine groups is 1. The van der Waals surface area contributed by atoms with Crippen LogP contribution in [0, 0.1) is 0 Å². The first-order chi connectivity index (χ1) is 18.0. The number of aromatic nitrogens is 2. The molecular weight excluding hydrogens is 474 g/mol. The molecule has 0 aliphatic carbocycles. The molecule has 4 aromatic rings. The minimum Gasteiger partial charge on any atom is -0.459 e. The third-order valence-electron chi connectivity index (χ3n) is 6.36. The van der Waals surface area contributed by atoms with Crippen LogP contribution in [-0.2, 0) is 24.3 Å². The molecule has 0 spiro atoms. The summed E-state index contributed by atoms with van der Waals surface area (Å²) < 4.78 is 6.52. The number of rotatable bonds is 5. The normalized spacial score (nSPS) is 14.7. The molecule has 10 nitrogen and oxygen atoms in total. The monoisotopic (exact) mass is 499 g/mol. The molecule has 188 valence electrons. The summed E-state index contributed by atoms with van der Waals surface area (Å²) >= 11 is 0. The molecule has 0 bridgehead atoms. The Morgan fingerprint density at radius 1 is 0.973 bits per heavy atom. The average molecular weight is 500 g/mol. The fourth-order valence-corrected chi connectivity index (χ4v) is 4.54. The van der Waals surface area contributed by atoms with Crippen LogP contribution in [0.2, 0.25) is 0 Å². The Balaban J connectivity index is 1.39. The van der Waals surface area contributed by atoms with Gasteiger partial charge in [-0.3, -0.25) is 30.0 Å². The van der Waals surface area contributed by atoms with Gasteiger partial charge in [-0.15, -0.1) is 0 Å². The molecule has 1 aliphatic rings. The number of fused-ring (bicyclic) bond motifs is 2. The van der Waals surface area contributed by atoms with Crippen molar-refractivity contribution < 1.29 is 18.8 Å². The molecule has 0 radical (unpaired) electrons. The second kappa shape index (κ2) is 10.1. The number of aryl methyl sites for hydroxylation is 1. The quantitative estimate of drug-likeness (QED) is 0.406. The zero-order valence-corrected chi connectivity index (χ0v) is 20.1. The van der Waals surface area contributed by atoms with E-state index in [1.165, 1.54) is 15.8 Å². The second-order valence-corrected chi connectivity index (χ2v) is 8.76. The topological polar surface area (TPSA) is 127 Å². The van der Waals surface area contributed by atoms with Crippen LogP contribution < -0.4 is 16.4 Å². The first-order valence-corrected chi connectivity index (χ1v) is 12.0. The van der Waals surface area contributed by atoms with E-state index < -0.39 is 23.8 Å². The Morgan fingerprint density at radius 2 is 1.70 bits per heavy atom. The van der Waals surface area contributed by atoms with Gasteiger partial charge in [-0.2, -0.15) is 5.10 Å². The van der Waals surface area contributed by atoms with Crippen LogP contribution in [0.5, 0.6) is 0 Å². The molecule has 0 fully saturated rings. The van der Waals surface area contributed by atoms with Gasteiger partial charge >= 0.3 is 0 Å². The van der Waals surface area contributed by atoms with Gasteiger partial charge in [0.25, 0.3) is 23.3 Å². The molecule has 0 saturated heterocycles. The van der Waals surface area contributed by atoms with Gasteiger partial charge in [0.15, 0.2) is 11.5 Å². The van der Waals surface area contributed by atoms with Crippen molar-refractivity contribution in [3.8, 4) is 0 Å². The highest BCUT2D eigenvalue weighted by molar-refractivity contribution is 6.05. The SMILES string of the molecule is CCCn1nc(C(=O)NNC(=O)C2Cc3ccccc3CN2C(=O)c2ccco2)c2ccccc2c1=O. The Bertz CT molecular complexity index is 1540. The lowest BCUT2D eigenvalue weighted by molar-refractivity contribution is -0.127. The standard InChI is InChI=1S/C27H25N5O5/c1-2-13-32-26(35)20-11-6-5-10-19(20)23(30-32)25(34)29-28-24(33)21-15-17-8-3-4-9-18(17)16-31(21)27(36)22-12-7-14-37-22/h3-12,14,21H,2,13,15-16H2,1H3,(H,28,33)(H,29,34). The smallest absolute Gasteiger partial charge is 0.290 e. The molecule has 3 amide bonds. The molecule has 0 saturated carbocycles. The van der Waals surface area contributed by atoms with Crippen LogP contribution in [0.15, 0.2) is 76.1 Å². The minimum atomic E-state index is -0.883. The van der Waals surface area contributed by atoms with E-state index in [9.17, 15) is 19.2 Å². The van der Waals surface area contributed by atoms with E-state index in [4.69, 9.17) is 4.42 Å². The van der Waals surface area contributed by atoms with Crippen molar-refractivity contribution in [3.05, 3.63) is 99.9 Å². The number of nitrogens with zero attached hydrogens (tertiary/aromatic N) is 3. The summed E-state index contributed by atoms with van der Waals surface area (Å²) in [5.41, 5.74) is 6.47. The summed E-state index contributed by atoms with van der Waals surface area (Å²) in [7, 11) is 0. The summed E-state index contributed by atoms with van der Waals surface area (Å²) in [6.07, 6.45) is 2.33. The number of furan rings is 1. The number of benzene rings is 2. The number of amides is 3. The number of hydrogen-bond acceptors (Lipinski definition) is 6. The van der Waals surface area contributed by atoms with Crippen molar-refractivity contribution in [2.24, 2.45) is 0 Å². The average Bonchev–Trinajstić information content (AvgIpc) is 3.47. The Morgan fingerprint density at radius 3 is 2.43 bits per heavy atom. The Hall–Kier alpha value is -4.73. The fraction of sp³-hybridized carbons (Fsp3) is 0.222. The molecule has 2 N–H and O–H groups in total. The molecule has 2 aromatic carbocycles. The first kappa shape index (κ1) is 24.0. The van der Waals surface area contributed by atoms with Gasteiger partial charge < -0.3 is 9.32 Å². The van der Waals surface area contributed by atoms with E-state index in [0.29, 0.717) is 23.7 Å². The molecule has 1 aliphatic heterocycles. The van der Waals surface area contributed by atoms with Gasteiger partial charge in [-0.05, 0) is 35.7 Å². The third kappa shape index (κ3) is 4.61. The van der Waals surface area contributed by atoms with Crippen LogP contribution in [0.3, 0.4) is 0 Å². The van der Waals surface area contributed by atoms with Gasteiger partial charge in [-0.25, -0.2) is 4.68 Å². The van der Waals surface area contributed by atoms with Crippen LogP contribution in [0.4, 0.5) is 0 Å².